The normalized spacial score (nSPS) is 11.3. The Bertz CT molecular complexity index is 749. The number of nitrogens with one attached hydrogen (secondary N) is 1. The summed E-state index contributed by atoms with van der Waals surface area (Å²) in [5, 5.41) is 20.4. The number of aromatic hydroxyl groups is 1. The molecular formula is C11H12N4O4S. The van der Waals surface area contributed by atoms with E-state index >= 15 is 0 Å². The minimum absolute atomic E-state index is 0.0182. The number of sulfonamides is 1. The van der Waals surface area contributed by atoms with Crippen LogP contribution in [0, 0.1) is 0 Å². The first kappa shape index (κ1) is 14.0. The van der Waals surface area contributed by atoms with Gasteiger partial charge in [-0.25, -0.2) is 13.6 Å². The van der Waals surface area contributed by atoms with E-state index in [-0.39, 0.29) is 22.0 Å². The lowest BCUT2D eigenvalue weighted by atomic mass is 10.2. The Morgan fingerprint density at radius 1 is 1.35 bits per heavy atom. The molecule has 0 spiro atoms. The molecule has 1 aromatic carbocycles. The quantitative estimate of drug-likeness (QED) is 0.736. The van der Waals surface area contributed by atoms with Gasteiger partial charge >= 0.3 is 0 Å². The second kappa shape index (κ2) is 4.94. The summed E-state index contributed by atoms with van der Waals surface area (Å²) in [6, 6.07) is 5.47. The van der Waals surface area contributed by atoms with Gasteiger partial charge in [0.25, 0.3) is 5.91 Å². The Kier molecular flexibility index (Phi) is 3.47. The van der Waals surface area contributed by atoms with E-state index in [1.165, 1.54) is 42.2 Å². The smallest absolute Gasteiger partial charge is 0.256 e. The van der Waals surface area contributed by atoms with Gasteiger partial charge in [0.2, 0.25) is 10.0 Å². The zero-order chi connectivity index (χ0) is 14.9. The zero-order valence-electron chi connectivity index (χ0n) is 10.4. The predicted octanol–water partition coefficient (Wildman–Crippen LogP) is 0.0254. The molecule has 0 aliphatic heterocycles. The molecule has 2 aromatic rings. The van der Waals surface area contributed by atoms with Crippen molar-refractivity contribution < 1.29 is 18.3 Å². The van der Waals surface area contributed by atoms with Gasteiger partial charge in [-0.15, -0.1) is 0 Å². The number of benzene rings is 1. The number of phenolic OH excluding ortho intramolecular Hbond substituents is 1. The second-order valence-corrected chi connectivity index (χ2v) is 5.59. The van der Waals surface area contributed by atoms with Crippen LogP contribution in [0.3, 0.4) is 0 Å². The molecule has 0 unspecified atom stereocenters. The number of hydrogen-bond acceptors (Lipinski definition) is 5. The number of hydrogen-bond donors (Lipinski definition) is 3. The summed E-state index contributed by atoms with van der Waals surface area (Å²) >= 11 is 0. The highest BCUT2D eigenvalue weighted by Gasteiger charge is 2.20. The lowest BCUT2D eigenvalue weighted by Gasteiger charge is -2.04. The summed E-state index contributed by atoms with van der Waals surface area (Å²) in [5.41, 5.74) is 0.244. The Morgan fingerprint density at radius 3 is 2.50 bits per heavy atom. The van der Waals surface area contributed by atoms with Crippen molar-refractivity contribution in [2.45, 2.75) is 4.90 Å². The molecule has 9 heteroatoms. The summed E-state index contributed by atoms with van der Waals surface area (Å²) in [5.74, 6) is -0.689. The molecular weight excluding hydrogens is 284 g/mol. The summed E-state index contributed by atoms with van der Waals surface area (Å²) in [6.07, 6.45) is 1.20. The molecule has 1 heterocycles. The maximum atomic E-state index is 11.9. The number of aryl methyl sites for hydroxylation is 1. The molecule has 1 amide bonds. The average molecular weight is 296 g/mol. The molecule has 0 atom stereocenters. The van der Waals surface area contributed by atoms with Crippen molar-refractivity contribution in [2.24, 2.45) is 12.2 Å². The number of primary sulfonamides is 1. The van der Waals surface area contributed by atoms with E-state index in [9.17, 15) is 13.2 Å². The van der Waals surface area contributed by atoms with Crippen LogP contribution in [-0.4, -0.2) is 29.2 Å². The first-order valence-electron chi connectivity index (χ1n) is 5.44. The number of amides is 1. The number of carbonyl (C=O) groups is 1. The van der Waals surface area contributed by atoms with E-state index in [0.717, 1.165) is 0 Å². The average Bonchev–Trinajstić information content (AvgIpc) is 2.71. The highest BCUT2D eigenvalue weighted by molar-refractivity contribution is 7.89. The summed E-state index contributed by atoms with van der Waals surface area (Å²) in [4.78, 5) is 11.7. The monoisotopic (exact) mass is 296 g/mol. The van der Waals surface area contributed by atoms with Gasteiger partial charge in [0.1, 0.15) is 10.6 Å². The van der Waals surface area contributed by atoms with Gasteiger partial charge in [0, 0.05) is 18.8 Å². The van der Waals surface area contributed by atoms with Crippen LogP contribution in [0.15, 0.2) is 35.4 Å². The standard InChI is InChI=1S/C11H12N4O4S/c1-15-6-9(20(12,18)19)10(14-15)13-11(17)7-2-4-8(16)5-3-7/h2-6,16H,1H3,(H2,12,18,19)(H,13,14,17). The van der Waals surface area contributed by atoms with Gasteiger partial charge in [-0.3, -0.25) is 9.48 Å². The number of phenols is 1. The number of aromatic nitrogens is 2. The Morgan fingerprint density at radius 2 is 1.95 bits per heavy atom. The van der Waals surface area contributed by atoms with Crippen molar-refractivity contribution in [2.75, 3.05) is 5.32 Å². The SMILES string of the molecule is Cn1cc(S(N)(=O)=O)c(NC(=O)c2ccc(O)cc2)n1. The fraction of sp³-hybridized carbons (Fsp3) is 0.0909. The Hall–Kier alpha value is -2.39. The van der Waals surface area contributed by atoms with Crippen molar-refractivity contribution in [3.63, 3.8) is 0 Å². The van der Waals surface area contributed by atoms with Gasteiger partial charge in [0.15, 0.2) is 5.82 Å². The molecule has 1 aromatic heterocycles. The third-order valence-corrected chi connectivity index (χ3v) is 3.37. The van der Waals surface area contributed by atoms with Gasteiger partial charge in [0.05, 0.1) is 0 Å². The molecule has 8 nitrogen and oxygen atoms in total. The van der Waals surface area contributed by atoms with E-state index < -0.39 is 15.9 Å². The first-order valence-corrected chi connectivity index (χ1v) is 6.99. The van der Waals surface area contributed by atoms with Crippen LogP contribution in [0.25, 0.3) is 0 Å². The number of anilines is 1. The summed E-state index contributed by atoms with van der Waals surface area (Å²) in [6.45, 7) is 0. The van der Waals surface area contributed by atoms with Crippen LogP contribution < -0.4 is 10.5 Å². The molecule has 0 saturated heterocycles. The van der Waals surface area contributed by atoms with Crippen LogP contribution in [0.2, 0.25) is 0 Å². The molecule has 0 radical (unpaired) electrons. The van der Waals surface area contributed by atoms with Crippen molar-refractivity contribution in [3.8, 4) is 5.75 Å². The maximum absolute atomic E-state index is 11.9. The lowest BCUT2D eigenvalue weighted by Crippen LogP contribution is -2.17. The maximum Gasteiger partial charge on any atom is 0.256 e. The minimum Gasteiger partial charge on any atom is -0.508 e. The third kappa shape index (κ3) is 2.95. The number of nitrogens with two attached hydrogens (primary N) is 1. The molecule has 2 rings (SSSR count). The predicted molar refractivity (Wildman–Crippen MR) is 70.6 cm³/mol. The van der Waals surface area contributed by atoms with Gasteiger partial charge in [-0.05, 0) is 24.3 Å². The summed E-state index contributed by atoms with van der Waals surface area (Å²) in [7, 11) is -2.48. The highest BCUT2D eigenvalue weighted by atomic mass is 32.2. The van der Waals surface area contributed by atoms with E-state index in [1.54, 1.807) is 0 Å². The fourth-order valence-corrected chi connectivity index (χ4v) is 2.21. The van der Waals surface area contributed by atoms with Crippen molar-refractivity contribution in [3.05, 3.63) is 36.0 Å². The Balaban J connectivity index is 2.31. The molecule has 0 bridgehead atoms. The van der Waals surface area contributed by atoms with Crippen LogP contribution >= 0.6 is 0 Å². The van der Waals surface area contributed by atoms with E-state index in [4.69, 9.17) is 10.2 Å². The molecule has 0 fully saturated rings. The molecule has 0 saturated carbocycles. The van der Waals surface area contributed by atoms with Gasteiger partial charge in [-0.2, -0.15) is 5.10 Å². The van der Waals surface area contributed by atoms with Crippen LogP contribution in [0.4, 0.5) is 5.82 Å². The first-order chi connectivity index (χ1) is 9.27. The van der Waals surface area contributed by atoms with Gasteiger partial charge in [-0.1, -0.05) is 0 Å². The molecule has 106 valence electrons. The topological polar surface area (TPSA) is 127 Å². The fourth-order valence-electron chi connectivity index (χ4n) is 1.55. The van der Waals surface area contributed by atoms with Gasteiger partial charge < -0.3 is 10.4 Å². The lowest BCUT2D eigenvalue weighted by molar-refractivity contribution is 0.102. The molecule has 0 aliphatic rings. The van der Waals surface area contributed by atoms with Crippen LogP contribution in [0.1, 0.15) is 10.4 Å². The zero-order valence-corrected chi connectivity index (χ0v) is 11.3. The summed E-state index contributed by atoms with van der Waals surface area (Å²) < 4.78 is 24.0. The minimum atomic E-state index is -3.99. The van der Waals surface area contributed by atoms with E-state index in [0.29, 0.717) is 0 Å². The number of nitrogens with zero attached hydrogens (tertiary/aromatic N) is 2. The number of rotatable bonds is 3. The Labute approximate surface area is 114 Å². The highest BCUT2D eigenvalue weighted by Crippen LogP contribution is 2.18. The largest absolute Gasteiger partial charge is 0.508 e. The van der Waals surface area contributed by atoms with E-state index in [1.807, 2.05) is 0 Å². The van der Waals surface area contributed by atoms with Crippen LogP contribution in [0.5, 0.6) is 5.75 Å². The number of carbonyl (C=O) groups excluding carboxylic acids is 1. The van der Waals surface area contributed by atoms with E-state index in [2.05, 4.69) is 10.4 Å². The second-order valence-electron chi connectivity index (χ2n) is 4.06. The van der Waals surface area contributed by atoms with Crippen LogP contribution in [-0.2, 0) is 17.1 Å². The van der Waals surface area contributed by atoms with Crippen molar-refractivity contribution in [1.82, 2.24) is 9.78 Å². The van der Waals surface area contributed by atoms with Crippen molar-refractivity contribution in [1.29, 1.82) is 0 Å². The van der Waals surface area contributed by atoms with Crippen molar-refractivity contribution >= 4 is 21.7 Å². The molecule has 20 heavy (non-hydrogen) atoms. The third-order valence-electron chi connectivity index (χ3n) is 2.46. The molecule has 4 N–H and O–H groups in total. The molecule has 0 aliphatic carbocycles.